The summed E-state index contributed by atoms with van der Waals surface area (Å²) in [5, 5.41) is 11.3. The predicted molar refractivity (Wildman–Crippen MR) is 133 cm³/mol. The largest absolute Gasteiger partial charge is 0.483 e. The van der Waals surface area contributed by atoms with Crippen molar-refractivity contribution in [3.8, 4) is 5.75 Å². The molecule has 2 atom stereocenters. The first-order valence-electron chi connectivity index (χ1n) is 11.6. The summed E-state index contributed by atoms with van der Waals surface area (Å²) in [6, 6.07) is 5.17. The normalized spacial score (nSPS) is 18.7. The van der Waals surface area contributed by atoms with E-state index in [1.165, 1.54) is 13.1 Å². The highest BCUT2D eigenvalue weighted by Gasteiger charge is 2.50. The Morgan fingerprint density at radius 2 is 1.82 bits per heavy atom. The minimum absolute atomic E-state index is 0.0503. The van der Waals surface area contributed by atoms with Gasteiger partial charge in [-0.1, -0.05) is 30.3 Å². The molecule has 0 unspecified atom stereocenters. The summed E-state index contributed by atoms with van der Waals surface area (Å²) < 4.78 is 32.6. The number of hydrogen-bond acceptors (Lipinski definition) is 9. The van der Waals surface area contributed by atoms with E-state index < -0.39 is 64.2 Å². The van der Waals surface area contributed by atoms with Crippen LogP contribution in [0, 0.1) is 0 Å². The number of hydrazine groups is 1. The lowest BCUT2D eigenvalue weighted by Gasteiger charge is -2.42. The monoisotopic (exact) mass is 577 g/mol. The first-order chi connectivity index (χ1) is 18.9. The highest BCUT2D eigenvalue weighted by molar-refractivity contribution is 7.88. The summed E-state index contributed by atoms with van der Waals surface area (Å²) in [6.45, 7) is 0.672. The van der Waals surface area contributed by atoms with Crippen LogP contribution in [0.3, 0.4) is 0 Å². The van der Waals surface area contributed by atoms with Crippen LogP contribution in [0.15, 0.2) is 47.4 Å². The van der Waals surface area contributed by atoms with Gasteiger partial charge in [-0.05, 0) is 12.5 Å². The minimum Gasteiger partial charge on any atom is -0.483 e. The lowest BCUT2D eigenvalue weighted by atomic mass is 9.98. The molecule has 3 heterocycles. The van der Waals surface area contributed by atoms with Gasteiger partial charge in [-0.2, -0.15) is 8.42 Å². The van der Waals surface area contributed by atoms with Gasteiger partial charge in [0.25, 0.3) is 11.8 Å². The van der Waals surface area contributed by atoms with Gasteiger partial charge < -0.3 is 20.1 Å². The average Bonchev–Trinajstić information content (AvgIpc) is 3.27. The van der Waals surface area contributed by atoms with Gasteiger partial charge in [-0.25, -0.2) is 28.4 Å². The maximum atomic E-state index is 12.7. The van der Waals surface area contributed by atoms with Crippen LogP contribution in [-0.4, -0.2) is 87.9 Å². The van der Waals surface area contributed by atoms with Crippen LogP contribution in [-0.2, 0) is 21.6 Å². The number of nitrogens with zero attached hydrogens (tertiary/aromatic N) is 3. The summed E-state index contributed by atoms with van der Waals surface area (Å²) in [5.74, 6) is -1.96. The van der Waals surface area contributed by atoms with E-state index in [9.17, 15) is 37.2 Å². The Bertz CT molecular complexity index is 1530. The molecule has 2 aliphatic rings. The number of carboxylic acid groups (broad SMARTS) is 1. The van der Waals surface area contributed by atoms with Gasteiger partial charge >= 0.3 is 28.4 Å². The smallest absolute Gasteiger partial charge is 0.405 e. The number of nitrogens with one attached hydrogen (secondary N) is 4. The Balaban J connectivity index is 1.33. The van der Waals surface area contributed by atoms with E-state index >= 15 is 0 Å². The molecule has 18 heteroatoms. The van der Waals surface area contributed by atoms with Gasteiger partial charge in [0.2, 0.25) is 5.43 Å². The summed E-state index contributed by atoms with van der Waals surface area (Å²) in [4.78, 5) is 75.8. The number of ether oxygens (including phenoxy) is 1. The first-order valence-corrected chi connectivity index (χ1v) is 13.0. The first kappa shape index (κ1) is 27.9. The van der Waals surface area contributed by atoms with E-state index in [2.05, 4.69) is 10.4 Å². The average molecular weight is 578 g/mol. The summed E-state index contributed by atoms with van der Waals surface area (Å²) in [7, 11) is -4.81. The molecule has 212 valence electrons. The van der Waals surface area contributed by atoms with Crippen LogP contribution in [0.4, 0.5) is 14.4 Å². The quantitative estimate of drug-likeness (QED) is 0.244. The molecule has 0 radical (unpaired) electrons. The molecule has 0 bridgehead atoms. The van der Waals surface area contributed by atoms with Gasteiger partial charge in [0, 0.05) is 12.3 Å². The van der Waals surface area contributed by atoms with E-state index in [-0.39, 0.29) is 28.9 Å². The third-order valence-corrected chi connectivity index (χ3v) is 7.32. The van der Waals surface area contributed by atoms with E-state index in [1.807, 2.05) is 11.4 Å². The highest BCUT2D eigenvalue weighted by Crippen LogP contribution is 2.21. The van der Waals surface area contributed by atoms with Gasteiger partial charge in [0.05, 0.1) is 19.1 Å². The van der Waals surface area contributed by atoms with E-state index in [4.69, 9.17) is 9.84 Å². The number of amides is 7. The highest BCUT2D eigenvalue weighted by atomic mass is 32.2. The molecule has 2 saturated heterocycles. The second-order valence-electron chi connectivity index (χ2n) is 8.58. The van der Waals surface area contributed by atoms with Gasteiger partial charge in [-0.3, -0.25) is 24.7 Å². The number of benzene rings is 1. The van der Waals surface area contributed by atoms with Crippen molar-refractivity contribution in [1.29, 1.82) is 0 Å². The fourth-order valence-corrected chi connectivity index (χ4v) is 4.96. The Morgan fingerprint density at radius 3 is 2.45 bits per heavy atom. The maximum Gasteiger partial charge on any atom is 0.405 e. The summed E-state index contributed by atoms with van der Waals surface area (Å²) >= 11 is 0. The number of likely N-dealkylation sites (tertiary alicyclic amines) is 1. The molecule has 2 fully saturated rings. The standard InChI is InChI=1S/C22H23N7O10S/c1-12-17(24-21(34)35)19(32)29(12)20(33)26-40(37,38)28-8-7-27(22(28)36)25-18(31)14-9-15(30)16(10-23-14)39-11-13-5-3-2-4-6-13/h2-6,9-10,12,17,24H,7-8,11H2,1H3,(H,23,30)(H,25,31)(H,26,33)(H,34,35)/t12-,17-/m0/s1. The van der Waals surface area contributed by atoms with Crippen LogP contribution in [0.1, 0.15) is 23.0 Å². The lowest BCUT2D eigenvalue weighted by Crippen LogP contribution is -2.72. The Kier molecular flexibility index (Phi) is 7.62. The summed E-state index contributed by atoms with van der Waals surface area (Å²) in [5.41, 5.74) is 2.13. The van der Waals surface area contributed by atoms with Gasteiger partial charge in [0.1, 0.15) is 18.3 Å². The molecule has 40 heavy (non-hydrogen) atoms. The van der Waals surface area contributed by atoms with Crippen LogP contribution >= 0.6 is 0 Å². The number of imide groups is 1. The number of carbonyl (C=O) groups is 5. The molecule has 2 aromatic rings. The SMILES string of the molecule is C[C@H]1[C@H](NC(=O)O)C(=O)N1C(=O)NS(=O)(=O)N1CCN(NC(=O)c2cc(=O)c(OCc3ccccc3)c[nH]2)C1=O. The number of aromatic amines is 1. The zero-order valence-corrected chi connectivity index (χ0v) is 21.5. The molecular formula is C22H23N7O10S. The van der Waals surface area contributed by atoms with Crippen molar-refractivity contribution in [2.24, 2.45) is 0 Å². The van der Waals surface area contributed by atoms with Crippen LogP contribution in [0.5, 0.6) is 5.75 Å². The van der Waals surface area contributed by atoms with Crippen molar-refractivity contribution < 1.29 is 42.2 Å². The van der Waals surface area contributed by atoms with Crippen LogP contribution < -0.4 is 25.6 Å². The lowest BCUT2D eigenvalue weighted by molar-refractivity contribution is -0.143. The minimum atomic E-state index is -4.81. The second kappa shape index (κ2) is 10.9. The third kappa shape index (κ3) is 5.65. The Morgan fingerprint density at radius 1 is 1.12 bits per heavy atom. The molecule has 1 aromatic heterocycles. The van der Waals surface area contributed by atoms with Crippen molar-refractivity contribution in [2.75, 3.05) is 13.1 Å². The second-order valence-corrected chi connectivity index (χ2v) is 10.2. The molecular weight excluding hydrogens is 554 g/mol. The molecule has 2 aliphatic heterocycles. The van der Waals surface area contributed by atoms with E-state index in [1.54, 1.807) is 29.0 Å². The predicted octanol–water partition coefficient (Wildman–Crippen LogP) is -0.842. The Labute approximate surface area is 225 Å². The number of carbonyl (C=O) groups excluding carboxylic acids is 4. The zero-order chi connectivity index (χ0) is 29.2. The number of aromatic nitrogens is 1. The zero-order valence-electron chi connectivity index (χ0n) is 20.7. The Hall–Kier alpha value is -5.13. The molecule has 4 rings (SSSR count). The molecule has 0 spiro atoms. The van der Waals surface area contributed by atoms with Crippen molar-refractivity contribution in [2.45, 2.75) is 25.6 Å². The number of hydrogen-bond donors (Lipinski definition) is 5. The topological polar surface area (TPSA) is 228 Å². The van der Waals surface area contributed by atoms with Crippen molar-refractivity contribution in [3.63, 3.8) is 0 Å². The molecule has 5 N–H and O–H groups in total. The van der Waals surface area contributed by atoms with Crippen LogP contribution in [0.2, 0.25) is 0 Å². The molecule has 0 aliphatic carbocycles. The van der Waals surface area contributed by atoms with E-state index in [0.29, 0.717) is 9.91 Å². The number of pyridine rings is 1. The van der Waals surface area contributed by atoms with Crippen LogP contribution in [0.25, 0.3) is 0 Å². The summed E-state index contributed by atoms with van der Waals surface area (Å²) in [6.07, 6.45) is -0.327. The fraction of sp³-hybridized carbons (Fsp3) is 0.273. The molecule has 7 amide bonds. The van der Waals surface area contributed by atoms with Crippen molar-refractivity contribution in [3.05, 3.63) is 64.1 Å². The van der Waals surface area contributed by atoms with Gasteiger partial charge in [0.15, 0.2) is 5.75 Å². The van der Waals surface area contributed by atoms with Crippen molar-refractivity contribution in [1.82, 2.24) is 34.7 Å². The number of β-lactam (4-membered cyclic amide) rings is 1. The third-order valence-electron chi connectivity index (χ3n) is 5.96. The van der Waals surface area contributed by atoms with E-state index in [0.717, 1.165) is 11.6 Å². The van der Waals surface area contributed by atoms with Gasteiger partial charge in [-0.15, -0.1) is 0 Å². The number of H-pyrrole nitrogens is 1. The van der Waals surface area contributed by atoms with Crippen molar-refractivity contribution >= 4 is 40.2 Å². The maximum absolute atomic E-state index is 12.7. The number of rotatable bonds is 8. The fourth-order valence-electron chi connectivity index (χ4n) is 3.90. The molecule has 0 saturated carbocycles. The molecule has 17 nitrogen and oxygen atoms in total. The number of urea groups is 2. The molecule has 1 aromatic carbocycles.